The van der Waals surface area contributed by atoms with Gasteiger partial charge in [-0.3, -0.25) is 4.79 Å². The van der Waals surface area contributed by atoms with Crippen LogP contribution in [0, 0.1) is 22.7 Å². The molecular formula is C29H25N3O4S. The molecular weight excluding hydrogens is 486 g/mol. The second kappa shape index (κ2) is 12.0. The highest BCUT2D eigenvalue weighted by Gasteiger charge is 2.27. The number of fused-ring (bicyclic) bond motifs is 1. The van der Waals surface area contributed by atoms with Crippen LogP contribution in [0.4, 0.5) is 5.00 Å². The van der Waals surface area contributed by atoms with E-state index in [0.717, 1.165) is 41.7 Å². The number of esters is 1. The van der Waals surface area contributed by atoms with E-state index in [2.05, 4.69) is 11.4 Å². The van der Waals surface area contributed by atoms with E-state index in [1.807, 2.05) is 18.2 Å². The number of rotatable bonds is 8. The fraction of sp³-hybridized carbons (Fsp3) is 0.241. The van der Waals surface area contributed by atoms with E-state index in [-0.39, 0.29) is 18.8 Å². The molecule has 1 aliphatic carbocycles. The number of anilines is 1. The van der Waals surface area contributed by atoms with Crippen molar-refractivity contribution in [3.8, 4) is 17.9 Å². The molecule has 0 radical (unpaired) electrons. The zero-order valence-electron chi connectivity index (χ0n) is 20.4. The summed E-state index contributed by atoms with van der Waals surface area (Å²) in [7, 11) is 0. The number of nitriles is 2. The van der Waals surface area contributed by atoms with Crippen molar-refractivity contribution in [3.63, 3.8) is 0 Å². The number of hydrogen-bond acceptors (Lipinski definition) is 7. The summed E-state index contributed by atoms with van der Waals surface area (Å²) in [5, 5.41) is 21.9. The summed E-state index contributed by atoms with van der Waals surface area (Å²) in [5.41, 5.74) is 3.24. The van der Waals surface area contributed by atoms with Gasteiger partial charge in [-0.15, -0.1) is 11.3 Å². The van der Waals surface area contributed by atoms with Crippen molar-refractivity contribution in [2.24, 2.45) is 0 Å². The minimum atomic E-state index is -0.603. The lowest BCUT2D eigenvalue weighted by molar-refractivity contribution is -0.112. The van der Waals surface area contributed by atoms with Crippen LogP contribution in [0.5, 0.6) is 5.75 Å². The molecule has 3 aromatic rings. The highest BCUT2D eigenvalue weighted by molar-refractivity contribution is 7.17. The molecule has 1 aromatic heterocycles. The molecule has 0 aliphatic heterocycles. The van der Waals surface area contributed by atoms with E-state index in [1.165, 1.54) is 17.4 Å². The Hall–Kier alpha value is -4.40. The van der Waals surface area contributed by atoms with Crippen molar-refractivity contribution in [1.29, 1.82) is 10.5 Å². The third kappa shape index (κ3) is 6.06. The molecule has 1 heterocycles. The fourth-order valence-electron chi connectivity index (χ4n) is 4.12. The number of hydrogen-bond donors (Lipinski definition) is 1. The first-order valence-electron chi connectivity index (χ1n) is 12.0. The van der Waals surface area contributed by atoms with Gasteiger partial charge in [-0.1, -0.05) is 30.3 Å². The van der Waals surface area contributed by atoms with Gasteiger partial charge < -0.3 is 14.8 Å². The summed E-state index contributed by atoms with van der Waals surface area (Å²) in [5.74, 6) is -0.555. The summed E-state index contributed by atoms with van der Waals surface area (Å²) < 4.78 is 11.2. The van der Waals surface area contributed by atoms with E-state index in [9.17, 15) is 14.9 Å². The molecule has 0 unspecified atom stereocenters. The van der Waals surface area contributed by atoms with Gasteiger partial charge in [-0.2, -0.15) is 10.5 Å². The Balaban J connectivity index is 1.56. The van der Waals surface area contributed by atoms with Crippen LogP contribution in [0.2, 0.25) is 0 Å². The summed E-state index contributed by atoms with van der Waals surface area (Å²) in [6.07, 6.45) is 5.10. The zero-order valence-corrected chi connectivity index (χ0v) is 21.2. The van der Waals surface area contributed by atoms with Crippen molar-refractivity contribution in [3.05, 3.63) is 86.8 Å². The minimum absolute atomic E-state index is 0.115. The standard InChI is InChI=1S/C29H25N3O4S/c1-2-35-29(34)26-23-8-4-6-10-25(23)37-28(26)32-27(33)22(17-31)15-21-7-3-5-9-24(21)36-18-20-13-11-19(16-30)12-14-20/h3,5,7,9,11-15H,2,4,6,8,10,18H2,1H3,(H,32,33)/b22-15+. The molecule has 1 aliphatic rings. The highest BCUT2D eigenvalue weighted by Crippen LogP contribution is 2.39. The number of ether oxygens (including phenoxy) is 2. The third-order valence-electron chi connectivity index (χ3n) is 5.94. The van der Waals surface area contributed by atoms with Gasteiger partial charge in [-0.05, 0) is 68.0 Å². The Labute approximate surface area is 219 Å². The molecule has 37 heavy (non-hydrogen) atoms. The van der Waals surface area contributed by atoms with E-state index in [0.29, 0.717) is 27.4 Å². The predicted octanol–water partition coefficient (Wildman–Crippen LogP) is 5.80. The van der Waals surface area contributed by atoms with Gasteiger partial charge in [0.25, 0.3) is 5.91 Å². The van der Waals surface area contributed by atoms with Crippen LogP contribution in [0.3, 0.4) is 0 Å². The van der Waals surface area contributed by atoms with Gasteiger partial charge >= 0.3 is 5.97 Å². The Morgan fingerprint density at radius 2 is 1.84 bits per heavy atom. The molecule has 8 heteroatoms. The van der Waals surface area contributed by atoms with Crippen LogP contribution in [0.1, 0.15) is 57.3 Å². The van der Waals surface area contributed by atoms with Gasteiger partial charge in [0.05, 0.1) is 23.8 Å². The molecule has 1 amide bonds. The molecule has 0 saturated heterocycles. The minimum Gasteiger partial charge on any atom is -0.488 e. The summed E-state index contributed by atoms with van der Waals surface area (Å²) in [4.78, 5) is 26.9. The lowest BCUT2D eigenvalue weighted by Gasteiger charge is -2.12. The average Bonchev–Trinajstić information content (AvgIpc) is 3.29. The second-order valence-electron chi connectivity index (χ2n) is 8.39. The normalized spacial score (nSPS) is 12.6. The number of para-hydroxylation sites is 1. The molecule has 0 saturated carbocycles. The maximum Gasteiger partial charge on any atom is 0.341 e. The van der Waals surface area contributed by atoms with E-state index < -0.39 is 11.9 Å². The third-order valence-corrected chi connectivity index (χ3v) is 7.15. The monoisotopic (exact) mass is 511 g/mol. The van der Waals surface area contributed by atoms with Crippen molar-refractivity contribution >= 4 is 34.3 Å². The first kappa shape index (κ1) is 25.7. The van der Waals surface area contributed by atoms with Crippen LogP contribution >= 0.6 is 11.3 Å². The molecule has 0 atom stereocenters. The van der Waals surface area contributed by atoms with Crippen LogP contribution in [0.25, 0.3) is 6.08 Å². The number of amides is 1. The lowest BCUT2D eigenvalue weighted by atomic mass is 9.95. The summed E-state index contributed by atoms with van der Waals surface area (Å²) in [6.45, 7) is 2.24. The molecule has 7 nitrogen and oxygen atoms in total. The zero-order chi connectivity index (χ0) is 26.2. The van der Waals surface area contributed by atoms with E-state index in [1.54, 1.807) is 43.3 Å². The van der Waals surface area contributed by atoms with Crippen LogP contribution in [-0.2, 0) is 29.0 Å². The van der Waals surface area contributed by atoms with Crippen molar-refractivity contribution in [2.75, 3.05) is 11.9 Å². The van der Waals surface area contributed by atoms with Crippen molar-refractivity contribution < 1.29 is 19.1 Å². The smallest absolute Gasteiger partial charge is 0.341 e. The van der Waals surface area contributed by atoms with Gasteiger partial charge in [-0.25, -0.2) is 4.79 Å². The number of benzene rings is 2. The van der Waals surface area contributed by atoms with Gasteiger partial charge in [0.2, 0.25) is 0 Å². The van der Waals surface area contributed by atoms with Crippen LogP contribution in [0.15, 0.2) is 54.1 Å². The molecule has 0 spiro atoms. The maximum absolute atomic E-state index is 13.1. The first-order chi connectivity index (χ1) is 18.0. The largest absolute Gasteiger partial charge is 0.488 e. The molecule has 0 fully saturated rings. The van der Waals surface area contributed by atoms with Gasteiger partial charge in [0.1, 0.15) is 29.0 Å². The maximum atomic E-state index is 13.1. The average molecular weight is 512 g/mol. The Morgan fingerprint density at radius 3 is 2.57 bits per heavy atom. The molecule has 186 valence electrons. The van der Waals surface area contributed by atoms with Crippen molar-refractivity contribution in [2.45, 2.75) is 39.2 Å². The van der Waals surface area contributed by atoms with Crippen molar-refractivity contribution in [1.82, 2.24) is 0 Å². The Morgan fingerprint density at radius 1 is 1.08 bits per heavy atom. The van der Waals surface area contributed by atoms with Gasteiger partial charge in [0.15, 0.2) is 0 Å². The van der Waals surface area contributed by atoms with Crippen LogP contribution < -0.4 is 10.1 Å². The molecule has 1 N–H and O–H groups in total. The predicted molar refractivity (Wildman–Crippen MR) is 141 cm³/mol. The molecule has 0 bridgehead atoms. The topological polar surface area (TPSA) is 112 Å². The number of nitrogens with zero attached hydrogens (tertiary/aromatic N) is 2. The Bertz CT molecular complexity index is 1420. The van der Waals surface area contributed by atoms with E-state index >= 15 is 0 Å². The number of carbonyl (C=O) groups excluding carboxylic acids is 2. The lowest BCUT2D eigenvalue weighted by Crippen LogP contribution is -2.16. The number of carbonyl (C=O) groups is 2. The quantitative estimate of drug-likeness (QED) is 0.232. The summed E-state index contributed by atoms with van der Waals surface area (Å²) >= 11 is 1.38. The van der Waals surface area contributed by atoms with Gasteiger partial charge in [0, 0.05) is 10.4 Å². The fourth-order valence-corrected chi connectivity index (χ4v) is 5.39. The SMILES string of the molecule is CCOC(=O)c1c(NC(=O)/C(C#N)=C/c2ccccc2OCc2ccc(C#N)cc2)sc2c1CCCC2. The number of aryl methyl sites for hydroxylation is 1. The second-order valence-corrected chi connectivity index (χ2v) is 9.50. The first-order valence-corrected chi connectivity index (χ1v) is 12.8. The number of thiophene rings is 1. The molecule has 4 rings (SSSR count). The van der Waals surface area contributed by atoms with E-state index in [4.69, 9.17) is 14.7 Å². The highest BCUT2D eigenvalue weighted by atomic mass is 32.1. The Kier molecular flexibility index (Phi) is 8.35. The number of nitrogens with one attached hydrogen (secondary N) is 1. The molecule has 2 aromatic carbocycles. The summed E-state index contributed by atoms with van der Waals surface area (Å²) in [6, 6.07) is 18.2. The van der Waals surface area contributed by atoms with Crippen LogP contribution in [-0.4, -0.2) is 18.5 Å².